The largest absolute Gasteiger partial charge is 0.487 e. The predicted octanol–water partition coefficient (Wildman–Crippen LogP) is 4.13. The van der Waals surface area contributed by atoms with Crippen molar-refractivity contribution in [2.45, 2.75) is 40.2 Å². The zero-order chi connectivity index (χ0) is 19.2. The first-order valence-electron chi connectivity index (χ1n) is 9.25. The van der Waals surface area contributed by atoms with Crippen molar-refractivity contribution >= 4 is 20.9 Å². The van der Waals surface area contributed by atoms with Gasteiger partial charge in [-0.15, -0.1) is 0 Å². The molecule has 0 aliphatic heterocycles. The molecular weight excluding hydrogens is 360 g/mol. The first-order chi connectivity index (χ1) is 12.9. The average Bonchev–Trinajstić information content (AvgIpc) is 3.39. The van der Waals surface area contributed by atoms with Gasteiger partial charge < -0.3 is 4.74 Å². The summed E-state index contributed by atoms with van der Waals surface area (Å²) in [6, 6.07) is 9.68. The second-order valence-electron chi connectivity index (χ2n) is 7.45. The molecule has 2 heterocycles. The number of pyridine rings is 1. The van der Waals surface area contributed by atoms with Crippen LogP contribution in [0, 0.1) is 26.7 Å². The molecule has 1 aliphatic carbocycles. The molecule has 0 N–H and O–H groups in total. The fourth-order valence-electron chi connectivity index (χ4n) is 3.44. The summed E-state index contributed by atoms with van der Waals surface area (Å²) in [7, 11) is -3.42. The molecule has 1 aromatic carbocycles. The Labute approximate surface area is 160 Å². The van der Waals surface area contributed by atoms with Gasteiger partial charge in [-0.25, -0.2) is 12.4 Å². The molecule has 0 saturated heterocycles. The quantitative estimate of drug-likeness (QED) is 0.641. The Morgan fingerprint density at radius 1 is 1.11 bits per heavy atom. The number of hydrogen-bond acceptors (Lipinski definition) is 4. The van der Waals surface area contributed by atoms with Gasteiger partial charge in [0.2, 0.25) is 10.0 Å². The molecule has 3 aromatic rings. The predicted molar refractivity (Wildman–Crippen MR) is 107 cm³/mol. The fourth-order valence-corrected chi connectivity index (χ4v) is 5.55. The van der Waals surface area contributed by atoms with Crippen LogP contribution in [-0.2, 0) is 16.6 Å². The van der Waals surface area contributed by atoms with Gasteiger partial charge in [0.05, 0.1) is 11.3 Å². The highest BCUT2D eigenvalue weighted by atomic mass is 32.2. The SMILES string of the molecule is Cc1ccc(OCc2nccc3c(C)c(C)n(S(=O)(=O)CC4CC4)c23)cc1. The third kappa shape index (κ3) is 3.46. The van der Waals surface area contributed by atoms with Crippen LogP contribution < -0.4 is 4.74 Å². The van der Waals surface area contributed by atoms with Crippen LogP contribution in [0.25, 0.3) is 10.9 Å². The summed E-state index contributed by atoms with van der Waals surface area (Å²) >= 11 is 0. The van der Waals surface area contributed by atoms with Gasteiger partial charge in [0.1, 0.15) is 18.1 Å². The second-order valence-corrected chi connectivity index (χ2v) is 9.31. The van der Waals surface area contributed by atoms with E-state index in [1.807, 2.05) is 51.1 Å². The van der Waals surface area contributed by atoms with E-state index in [2.05, 4.69) is 4.98 Å². The molecule has 6 heteroatoms. The Bertz CT molecular complexity index is 1090. The van der Waals surface area contributed by atoms with Gasteiger partial charge in [0.25, 0.3) is 0 Å². The number of fused-ring (bicyclic) bond motifs is 1. The maximum absolute atomic E-state index is 13.1. The molecule has 27 heavy (non-hydrogen) atoms. The van der Waals surface area contributed by atoms with E-state index in [0.29, 0.717) is 11.2 Å². The van der Waals surface area contributed by atoms with Crippen molar-refractivity contribution in [2.75, 3.05) is 5.75 Å². The van der Waals surface area contributed by atoms with E-state index in [1.54, 1.807) is 6.20 Å². The van der Waals surface area contributed by atoms with Crippen LogP contribution in [0.2, 0.25) is 0 Å². The number of hydrogen-bond donors (Lipinski definition) is 0. The van der Waals surface area contributed by atoms with Crippen LogP contribution in [0.3, 0.4) is 0 Å². The fraction of sp³-hybridized carbons (Fsp3) is 0.381. The summed E-state index contributed by atoms with van der Waals surface area (Å²) in [4.78, 5) is 4.45. The molecule has 1 aliphatic rings. The van der Waals surface area contributed by atoms with Gasteiger partial charge in [-0.3, -0.25) is 4.98 Å². The molecule has 5 nitrogen and oxygen atoms in total. The van der Waals surface area contributed by atoms with Crippen LogP contribution in [0.15, 0.2) is 36.5 Å². The summed E-state index contributed by atoms with van der Waals surface area (Å²) in [5.41, 5.74) is 4.19. The van der Waals surface area contributed by atoms with Crippen molar-refractivity contribution < 1.29 is 13.2 Å². The first-order valence-corrected chi connectivity index (χ1v) is 10.9. The van der Waals surface area contributed by atoms with Crippen molar-refractivity contribution in [3.8, 4) is 5.75 Å². The summed E-state index contributed by atoms with van der Waals surface area (Å²) < 4.78 is 33.6. The lowest BCUT2D eigenvalue weighted by Crippen LogP contribution is -2.20. The second kappa shape index (κ2) is 6.68. The minimum Gasteiger partial charge on any atom is -0.487 e. The van der Waals surface area contributed by atoms with Crippen LogP contribution in [0.5, 0.6) is 5.75 Å². The molecule has 0 bridgehead atoms. The molecule has 0 spiro atoms. The Kier molecular flexibility index (Phi) is 4.46. The molecule has 0 atom stereocenters. The minimum atomic E-state index is -3.42. The van der Waals surface area contributed by atoms with Crippen LogP contribution in [0.4, 0.5) is 0 Å². The van der Waals surface area contributed by atoms with Crippen molar-refractivity contribution in [1.29, 1.82) is 0 Å². The van der Waals surface area contributed by atoms with E-state index in [0.717, 1.165) is 40.8 Å². The van der Waals surface area contributed by atoms with Crippen LogP contribution >= 0.6 is 0 Å². The van der Waals surface area contributed by atoms with Gasteiger partial charge >= 0.3 is 0 Å². The average molecular weight is 385 g/mol. The van der Waals surface area contributed by atoms with Crippen molar-refractivity contribution in [3.05, 3.63) is 59.0 Å². The third-order valence-electron chi connectivity index (χ3n) is 5.27. The van der Waals surface area contributed by atoms with Gasteiger partial charge in [0, 0.05) is 17.3 Å². The molecule has 142 valence electrons. The molecule has 4 rings (SSSR count). The van der Waals surface area contributed by atoms with Gasteiger partial charge in [0.15, 0.2) is 0 Å². The number of aromatic nitrogens is 2. The Hall–Kier alpha value is -2.34. The lowest BCUT2D eigenvalue weighted by Gasteiger charge is -2.12. The highest BCUT2D eigenvalue weighted by Crippen LogP contribution is 2.34. The zero-order valence-corrected chi connectivity index (χ0v) is 16.7. The topological polar surface area (TPSA) is 61.2 Å². The smallest absolute Gasteiger partial charge is 0.239 e. The van der Waals surface area contributed by atoms with E-state index < -0.39 is 10.0 Å². The Balaban J connectivity index is 1.76. The number of ether oxygens (including phenoxy) is 1. The number of aryl methyl sites for hydroxylation is 2. The minimum absolute atomic E-state index is 0.199. The number of nitrogens with zero attached hydrogens (tertiary/aromatic N) is 2. The summed E-state index contributed by atoms with van der Waals surface area (Å²) in [5.74, 6) is 1.23. The third-order valence-corrected chi connectivity index (χ3v) is 7.18. The molecule has 0 radical (unpaired) electrons. The Morgan fingerprint density at radius 2 is 1.81 bits per heavy atom. The van der Waals surface area contributed by atoms with E-state index in [9.17, 15) is 8.42 Å². The highest BCUT2D eigenvalue weighted by Gasteiger charge is 2.32. The van der Waals surface area contributed by atoms with Crippen molar-refractivity contribution in [2.24, 2.45) is 5.92 Å². The molecular formula is C21H24N2O3S. The number of benzene rings is 1. The molecule has 0 unspecified atom stereocenters. The maximum atomic E-state index is 13.1. The van der Waals surface area contributed by atoms with Crippen LogP contribution in [0.1, 0.15) is 35.4 Å². The van der Waals surface area contributed by atoms with Gasteiger partial charge in [-0.2, -0.15) is 0 Å². The monoisotopic (exact) mass is 384 g/mol. The lowest BCUT2D eigenvalue weighted by atomic mass is 10.2. The van der Waals surface area contributed by atoms with E-state index >= 15 is 0 Å². The normalized spacial score (nSPS) is 14.6. The molecule has 1 saturated carbocycles. The lowest BCUT2D eigenvalue weighted by molar-refractivity contribution is 0.302. The van der Waals surface area contributed by atoms with E-state index in [1.165, 1.54) is 3.97 Å². The summed E-state index contributed by atoms with van der Waals surface area (Å²) in [5, 5.41) is 0.921. The molecule has 2 aromatic heterocycles. The van der Waals surface area contributed by atoms with Crippen LogP contribution in [-0.4, -0.2) is 23.1 Å². The van der Waals surface area contributed by atoms with E-state index in [4.69, 9.17) is 4.74 Å². The van der Waals surface area contributed by atoms with Crippen molar-refractivity contribution in [1.82, 2.24) is 8.96 Å². The summed E-state index contributed by atoms with van der Waals surface area (Å²) in [6.45, 7) is 6.08. The van der Waals surface area contributed by atoms with Gasteiger partial charge in [-0.05, 0) is 63.3 Å². The first kappa shape index (κ1) is 18.0. The zero-order valence-electron chi connectivity index (χ0n) is 15.9. The summed E-state index contributed by atoms with van der Waals surface area (Å²) in [6.07, 6.45) is 3.72. The standard InChI is InChI=1S/C21H24N2O3S/c1-14-4-8-18(9-5-14)26-12-20-21-19(10-11-22-20)15(2)16(3)23(21)27(24,25)13-17-6-7-17/h4-5,8-11,17H,6-7,12-13H2,1-3H3. The Morgan fingerprint density at radius 3 is 2.48 bits per heavy atom. The van der Waals surface area contributed by atoms with Gasteiger partial charge in [-0.1, -0.05) is 17.7 Å². The van der Waals surface area contributed by atoms with E-state index in [-0.39, 0.29) is 18.3 Å². The van der Waals surface area contributed by atoms with Crippen molar-refractivity contribution in [3.63, 3.8) is 0 Å². The maximum Gasteiger partial charge on any atom is 0.239 e. The highest BCUT2D eigenvalue weighted by molar-refractivity contribution is 7.90. The number of rotatable bonds is 6. The molecule has 1 fully saturated rings. The molecule has 0 amide bonds.